The standard InChI is InChI=1S/C11H11N3O2/c12-6-7-1-4-10(16-8-2-3-8)9(5-7)11(15)14-13/h1,4-5,8H,2-3,13H2,(H,14,15). The maximum absolute atomic E-state index is 11.5. The molecule has 0 aliphatic heterocycles. The smallest absolute Gasteiger partial charge is 0.268 e. The molecule has 2 rings (SSSR count). The summed E-state index contributed by atoms with van der Waals surface area (Å²) >= 11 is 0. The zero-order valence-corrected chi connectivity index (χ0v) is 8.56. The van der Waals surface area contributed by atoms with E-state index in [9.17, 15) is 4.79 Å². The summed E-state index contributed by atoms with van der Waals surface area (Å²) in [5, 5.41) is 8.75. The van der Waals surface area contributed by atoms with E-state index in [-0.39, 0.29) is 6.10 Å². The average molecular weight is 217 g/mol. The Morgan fingerprint density at radius 2 is 2.31 bits per heavy atom. The summed E-state index contributed by atoms with van der Waals surface area (Å²) in [7, 11) is 0. The van der Waals surface area contributed by atoms with E-state index in [1.54, 1.807) is 12.1 Å². The minimum Gasteiger partial charge on any atom is -0.490 e. The molecular formula is C11H11N3O2. The molecular weight excluding hydrogens is 206 g/mol. The topological polar surface area (TPSA) is 88.1 Å². The zero-order chi connectivity index (χ0) is 11.5. The van der Waals surface area contributed by atoms with E-state index in [2.05, 4.69) is 0 Å². The fourth-order valence-corrected chi connectivity index (χ4v) is 1.32. The molecule has 0 bridgehead atoms. The van der Waals surface area contributed by atoms with Gasteiger partial charge < -0.3 is 4.74 Å². The van der Waals surface area contributed by atoms with E-state index in [4.69, 9.17) is 15.8 Å². The van der Waals surface area contributed by atoms with Gasteiger partial charge >= 0.3 is 0 Å². The van der Waals surface area contributed by atoms with E-state index in [1.165, 1.54) is 6.07 Å². The molecule has 0 unspecified atom stereocenters. The third-order valence-corrected chi connectivity index (χ3v) is 2.30. The lowest BCUT2D eigenvalue weighted by atomic mass is 10.1. The summed E-state index contributed by atoms with van der Waals surface area (Å²) in [6.07, 6.45) is 2.20. The van der Waals surface area contributed by atoms with Gasteiger partial charge in [0.25, 0.3) is 5.91 Å². The maximum Gasteiger partial charge on any atom is 0.268 e. The van der Waals surface area contributed by atoms with Crippen LogP contribution in [0.2, 0.25) is 0 Å². The van der Waals surface area contributed by atoms with E-state index in [0.29, 0.717) is 16.9 Å². The first-order chi connectivity index (χ1) is 7.74. The lowest BCUT2D eigenvalue weighted by Crippen LogP contribution is -2.30. The number of nitriles is 1. The van der Waals surface area contributed by atoms with Crippen molar-refractivity contribution in [2.24, 2.45) is 5.84 Å². The molecule has 16 heavy (non-hydrogen) atoms. The van der Waals surface area contributed by atoms with Crippen molar-refractivity contribution in [3.8, 4) is 11.8 Å². The Balaban J connectivity index is 2.34. The van der Waals surface area contributed by atoms with Crippen LogP contribution in [-0.2, 0) is 0 Å². The highest BCUT2D eigenvalue weighted by Crippen LogP contribution is 2.29. The molecule has 82 valence electrons. The van der Waals surface area contributed by atoms with Crippen LogP contribution in [0.3, 0.4) is 0 Å². The summed E-state index contributed by atoms with van der Waals surface area (Å²) in [6, 6.07) is 6.68. The second-order valence-electron chi connectivity index (χ2n) is 3.61. The van der Waals surface area contributed by atoms with Gasteiger partial charge in [0.1, 0.15) is 5.75 Å². The van der Waals surface area contributed by atoms with Crippen LogP contribution < -0.4 is 16.0 Å². The average Bonchev–Trinajstić information content (AvgIpc) is 3.12. The van der Waals surface area contributed by atoms with Gasteiger partial charge in [-0.15, -0.1) is 0 Å². The number of ether oxygens (including phenoxy) is 1. The Hall–Kier alpha value is -2.06. The SMILES string of the molecule is N#Cc1ccc(OC2CC2)c(C(=O)NN)c1. The zero-order valence-electron chi connectivity index (χ0n) is 8.56. The third-order valence-electron chi connectivity index (χ3n) is 2.30. The normalized spacial score (nSPS) is 14.0. The molecule has 1 fully saturated rings. The first kappa shape index (κ1) is 10.5. The van der Waals surface area contributed by atoms with Gasteiger partial charge in [-0.25, -0.2) is 5.84 Å². The Morgan fingerprint density at radius 1 is 1.56 bits per heavy atom. The van der Waals surface area contributed by atoms with Gasteiger partial charge in [-0.2, -0.15) is 5.26 Å². The van der Waals surface area contributed by atoms with E-state index in [1.807, 2.05) is 11.5 Å². The number of rotatable bonds is 3. The monoisotopic (exact) mass is 217 g/mol. The molecule has 1 aliphatic carbocycles. The van der Waals surface area contributed by atoms with Crippen LogP contribution in [-0.4, -0.2) is 12.0 Å². The van der Waals surface area contributed by atoms with Gasteiger partial charge in [-0.05, 0) is 31.0 Å². The van der Waals surface area contributed by atoms with Crippen molar-refractivity contribution < 1.29 is 9.53 Å². The number of nitrogen functional groups attached to an aromatic ring is 1. The molecule has 0 saturated heterocycles. The van der Waals surface area contributed by atoms with Crippen LogP contribution >= 0.6 is 0 Å². The molecule has 0 aromatic heterocycles. The van der Waals surface area contributed by atoms with Crippen LogP contribution in [0, 0.1) is 11.3 Å². The predicted octanol–water partition coefficient (Wildman–Crippen LogP) is 0.703. The van der Waals surface area contributed by atoms with Crippen LogP contribution in [0.15, 0.2) is 18.2 Å². The molecule has 0 heterocycles. The number of nitrogens with one attached hydrogen (secondary N) is 1. The quantitative estimate of drug-likeness (QED) is 0.443. The van der Waals surface area contributed by atoms with Crippen molar-refractivity contribution >= 4 is 5.91 Å². The number of hydrazine groups is 1. The lowest BCUT2D eigenvalue weighted by Gasteiger charge is -2.09. The molecule has 0 spiro atoms. The maximum atomic E-state index is 11.5. The molecule has 1 amide bonds. The van der Waals surface area contributed by atoms with Crippen molar-refractivity contribution in [3.63, 3.8) is 0 Å². The fraction of sp³-hybridized carbons (Fsp3) is 0.273. The van der Waals surface area contributed by atoms with Crippen LogP contribution in [0.25, 0.3) is 0 Å². The first-order valence-electron chi connectivity index (χ1n) is 4.96. The molecule has 1 saturated carbocycles. The third kappa shape index (κ3) is 2.12. The Labute approximate surface area is 92.8 Å². The Bertz CT molecular complexity index is 461. The van der Waals surface area contributed by atoms with Gasteiger partial charge in [-0.3, -0.25) is 10.2 Å². The molecule has 1 aromatic carbocycles. The molecule has 0 atom stereocenters. The number of carbonyl (C=O) groups is 1. The summed E-state index contributed by atoms with van der Waals surface area (Å²) in [4.78, 5) is 11.5. The highest BCUT2D eigenvalue weighted by molar-refractivity contribution is 5.96. The highest BCUT2D eigenvalue weighted by atomic mass is 16.5. The molecule has 3 N–H and O–H groups in total. The summed E-state index contributed by atoms with van der Waals surface area (Å²) in [5.74, 6) is 5.10. The first-order valence-corrected chi connectivity index (χ1v) is 4.96. The summed E-state index contributed by atoms with van der Waals surface area (Å²) < 4.78 is 5.55. The minimum atomic E-state index is -0.451. The van der Waals surface area contributed by atoms with E-state index >= 15 is 0 Å². The summed E-state index contributed by atoms with van der Waals surface area (Å²) in [5.41, 5.74) is 2.74. The van der Waals surface area contributed by atoms with Gasteiger partial charge in [0.05, 0.1) is 23.3 Å². The highest BCUT2D eigenvalue weighted by Gasteiger charge is 2.25. The molecule has 5 nitrogen and oxygen atoms in total. The van der Waals surface area contributed by atoms with E-state index < -0.39 is 5.91 Å². The number of hydrogen-bond donors (Lipinski definition) is 2. The minimum absolute atomic E-state index is 0.192. The summed E-state index contributed by atoms with van der Waals surface area (Å²) in [6.45, 7) is 0. The van der Waals surface area contributed by atoms with Gasteiger partial charge in [0.15, 0.2) is 0 Å². The van der Waals surface area contributed by atoms with Crippen molar-refractivity contribution in [3.05, 3.63) is 29.3 Å². The van der Waals surface area contributed by atoms with Crippen LogP contribution in [0.5, 0.6) is 5.75 Å². The Morgan fingerprint density at radius 3 is 2.88 bits per heavy atom. The van der Waals surface area contributed by atoms with Crippen molar-refractivity contribution in [2.45, 2.75) is 18.9 Å². The van der Waals surface area contributed by atoms with Gasteiger partial charge in [0.2, 0.25) is 0 Å². The van der Waals surface area contributed by atoms with Crippen molar-refractivity contribution in [1.29, 1.82) is 5.26 Å². The molecule has 5 heteroatoms. The van der Waals surface area contributed by atoms with Gasteiger partial charge in [0, 0.05) is 0 Å². The number of benzene rings is 1. The number of hydrogen-bond acceptors (Lipinski definition) is 4. The number of amides is 1. The largest absolute Gasteiger partial charge is 0.490 e. The van der Waals surface area contributed by atoms with E-state index in [0.717, 1.165) is 12.8 Å². The van der Waals surface area contributed by atoms with Crippen molar-refractivity contribution in [2.75, 3.05) is 0 Å². The molecule has 1 aliphatic rings. The number of nitrogens with two attached hydrogens (primary N) is 1. The number of nitrogens with zero attached hydrogens (tertiary/aromatic N) is 1. The predicted molar refractivity (Wildman–Crippen MR) is 56.5 cm³/mol. The molecule has 1 aromatic rings. The van der Waals surface area contributed by atoms with Crippen LogP contribution in [0.4, 0.5) is 0 Å². The fourth-order valence-electron chi connectivity index (χ4n) is 1.32. The second-order valence-corrected chi connectivity index (χ2v) is 3.61. The lowest BCUT2D eigenvalue weighted by molar-refractivity contribution is 0.0949. The number of carbonyl (C=O) groups excluding carboxylic acids is 1. The molecule has 0 radical (unpaired) electrons. The van der Waals surface area contributed by atoms with Gasteiger partial charge in [-0.1, -0.05) is 0 Å². The van der Waals surface area contributed by atoms with Crippen molar-refractivity contribution in [1.82, 2.24) is 5.43 Å². The second kappa shape index (κ2) is 4.21. The Kier molecular flexibility index (Phi) is 2.75. The van der Waals surface area contributed by atoms with Crippen LogP contribution in [0.1, 0.15) is 28.8 Å².